The number of aromatic nitrogens is 2. The Hall–Kier alpha value is -2.27. The van der Waals surface area contributed by atoms with Crippen LogP contribution < -0.4 is 9.47 Å². The second kappa shape index (κ2) is 11.2. The second-order valence-corrected chi connectivity index (χ2v) is 11.3. The Labute approximate surface area is 211 Å². The van der Waals surface area contributed by atoms with Gasteiger partial charge in [0.25, 0.3) is 0 Å². The molecule has 3 aromatic rings. The van der Waals surface area contributed by atoms with E-state index < -0.39 is 10.0 Å². The molecule has 4 rings (SSSR count). The van der Waals surface area contributed by atoms with Gasteiger partial charge < -0.3 is 18.8 Å². The highest BCUT2D eigenvalue weighted by Gasteiger charge is 2.24. The van der Waals surface area contributed by atoms with Crippen LogP contribution in [0.5, 0.6) is 11.5 Å². The van der Waals surface area contributed by atoms with Gasteiger partial charge in [-0.2, -0.15) is 4.31 Å². The summed E-state index contributed by atoms with van der Waals surface area (Å²) in [4.78, 5) is 5.13. The van der Waals surface area contributed by atoms with Crippen molar-refractivity contribution < 1.29 is 22.6 Å². The van der Waals surface area contributed by atoms with E-state index in [4.69, 9.17) is 19.2 Å². The predicted octanol–water partition coefficient (Wildman–Crippen LogP) is 4.56. The van der Waals surface area contributed by atoms with Crippen molar-refractivity contribution >= 4 is 32.8 Å². The minimum Gasteiger partial charge on any atom is -0.497 e. The van der Waals surface area contributed by atoms with Gasteiger partial charge in [0.2, 0.25) is 10.0 Å². The molecule has 0 N–H and O–H groups in total. The van der Waals surface area contributed by atoms with E-state index in [1.807, 2.05) is 38.1 Å². The standard InChI is InChI=1S/C25H33N3O5S2/c1-5-27(6-2)35(29,30)22-9-10-24-23(15-22)26-25(28(24)16-19-8-7-11-33-19)34-17-18-12-20(31-3)14-21(13-18)32-4/h9-10,12-15,19H,5-8,11,16-17H2,1-4H3/t19-/m0/s1. The summed E-state index contributed by atoms with van der Waals surface area (Å²) in [6, 6.07) is 11.1. The maximum absolute atomic E-state index is 13.1. The van der Waals surface area contributed by atoms with Crippen LogP contribution in [0.1, 0.15) is 32.3 Å². The lowest BCUT2D eigenvalue weighted by atomic mass is 10.2. The van der Waals surface area contributed by atoms with Crippen molar-refractivity contribution in [3.63, 3.8) is 0 Å². The zero-order valence-electron chi connectivity index (χ0n) is 20.7. The third kappa shape index (κ3) is 5.61. The van der Waals surface area contributed by atoms with Crippen LogP contribution in [-0.2, 0) is 27.1 Å². The van der Waals surface area contributed by atoms with Crippen molar-refractivity contribution in [2.24, 2.45) is 0 Å². The lowest BCUT2D eigenvalue weighted by Crippen LogP contribution is -2.30. The Morgan fingerprint density at radius 1 is 1.11 bits per heavy atom. The Morgan fingerprint density at radius 3 is 2.43 bits per heavy atom. The molecular formula is C25H33N3O5S2. The quantitative estimate of drug-likeness (QED) is 0.344. The van der Waals surface area contributed by atoms with Crippen LogP contribution in [0.15, 0.2) is 46.5 Å². The second-order valence-electron chi connectivity index (χ2n) is 8.39. The van der Waals surface area contributed by atoms with Crippen LogP contribution in [0.3, 0.4) is 0 Å². The van der Waals surface area contributed by atoms with Gasteiger partial charge in [-0.05, 0) is 48.7 Å². The van der Waals surface area contributed by atoms with Crippen molar-refractivity contribution in [3.05, 3.63) is 42.0 Å². The predicted molar refractivity (Wildman–Crippen MR) is 138 cm³/mol. The molecule has 0 aliphatic carbocycles. The fraction of sp³-hybridized carbons (Fsp3) is 0.480. The molecule has 8 nitrogen and oxygen atoms in total. The highest BCUT2D eigenvalue weighted by Crippen LogP contribution is 2.32. The lowest BCUT2D eigenvalue weighted by Gasteiger charge is -2.18. The lowest BCUT2D eigenvalue weighted by molar-refractivity contribution is 0.0960. The van der Waals surface area contributed by atoms with Gasteiger partial charge in [-0.3, -0.25) is 0 Å². The highest BCUT2D eigenvalue weighted by molar-refractivity contribution is 7.98. The molecule has 0 bridgehead atoms. The zero-order valence-corrected chi connectivity index (χ0v) is 22.3. The monoisotopic (exact) mass is 519 g/mol. The number of methoxy groups -OCH3 is 2. The van der Waals surface area contributed by atoms with Gasteiger partial charge in [0.15, 0.2) is 5.16 Å². The summed E-state index contributed by atoms with van der Waals surface area (Å²) in [6.07, 6.45) is 2.18. The molecule has 2 aromatic carbocycles. The fourth-order valence-electron chi connectivity index (χ4n) is 4.34. The first-order valence-electron chi connectivity index (χ1n) is 11.9. The Balaban J connectivity index is 1.69. The van der Waals surface area contributed by atoms with Crippen molar-refractivity contribution in [1.82, 2.24) is 13.9 Å². The zero-order chi connectivity index (χ0) is 25.0. The van der Waals surface area contributed by atoms with Crippen molar-refractivity contribution in [2.45, 2.75) is 55.1 Å². The Bertz CT molecular complexity index is 1240. The summed E-state index contributed by atoms with van der Waals surface area (Å²) in [5.74, 6) is 2.13. The van der Waals surface area contributed by atoms with Gasteiger partial charge in [0.1, 0.15) is 11.5 Å². The fourth-order valence-corrected chi connectivity index (χ4v) is 6.77. The summed E-state index contributed by atoms with van der Waals surface area (Å²) in [6.45, 7) is 6.00. The van der Waals surface area contributed by atoms with E-state index in [9.17, 15) is 8.42 Å². The molecule has 1 aliphatic heterocycles. The number of hydrogen-bond acceptors (Lipinski definition) is 7. The molecule has 0 unspecified atom stereocenters. The van der Waals surface area contributed by atoms with Gasteiger partial charge in [0, 0.05) is 31.5 Å². The Kier molecular flexibility index (Phi) is 8.26. The van der Waals surface area contributed by atoms with Crippen LogP contribution in [-0.4, -0.2) is 62.3 Å². The minimum atomic E-state index is -3.56. The first-order chi connectivity index (χ1) is 16.9. The maximum Gasteiger partial charge on any atom is 0.243 e. The molecule has 10 heteroatoms. The van der Waals surface area contributed by atoms with Crippen LogP contribution >= 0.6 is 11.8 Å². The number of nitrogens with zero attached hydrogens (tertiary/aromatic N) is 3. The van der Waals surface area contributed by atoms with Crippen LogP contribution in [0.2, 0.25) is 0 Å². The van der Waals surface area contributed by atoms with Gasteiger partial charge >= 0.3 is 0 Å². The molecule has 1 aliphatic rings. The molecule has 1 fully saturated rings. The average Bonchev–Trinajstić information content (AvgIpc) is 3.51. The molecule has 1 atom stereocenters. The van der Waals surface area contributed by atoms with E-state index in [-0.39, 0.29) is 11.0 Å². The normalized spacial score (nSPS) is 16.3. The number of fused-ring (bicyclic) bond motifs is 1. The van der Waals surface area contributed by atoms with E-state index in [2.05, 4.69) is 4.57 Å². The van der Waals surface area contributed by atoms with E-state index in [1.165, 1.54) is 4.31 Å². The Morgan fingerprint density at radius 2 is 1.83 bits per heavy atom. The van der Waals surface area contributed by atoms with E-state index in [1.54, 1.807) is 38.1 Å². The first-order valence-corrected chi connectivity index (χ1v) is 14.3. The largest absolute Gasteiger partial charge is 0.497 e. The van der Waals surface area contributed by atoms with Crippen molar-refractivity contribution in [3.8, 4) is 11.5 Å². The molecule has 0 amide bonds. The number of ether oxygens (including phenoxy) is 3. The smallest absolute Gasteiger partial charge is 0.243 e. The topological polar surface area (TPSA) is 82.9 Å². The molecule has 35 heavy (non-hydrogen) atoms. The van der Waals surface area contributed by atoms with Crippen LogP contribution in [0, 0.1) is 0 Å². The summed E-state index contributed by atoms with van der Waals surface area (Å²) >= 11 is 1.60. The third-order valence-corrected chi connectivity index (χ3v) is 9.31. The minimum absolute atomic E-state index is 0.128. The third-order valence-electron chi connectivity index (χ3n) is 6.22. The molecule has 0 saturated carbocycles. The first kappa shape index (κ1) is 25.8. The number of benzene rings is 2. The van der Waals surface area contributed by atoms with Crippen LogP contribution in [0.4, 0.5) is 0 Å². The number of sulfonamides is 1. The van der Waals surface area contributed by atoms with E-state index >= 15 is 0 Å². The molecule has 0 spiro atoms. The molecule has 1 saturated heterocycles. The van der Waals surface area contributed by atoms with E-state index in [0.29, 0.717) is 30.9 Å². The number of imidazole rings is 1. The van der Waals surface area contributed by atoms with Crippen molar-refractivity contribution in [1.29, 1.82) is 0 Å². The van der Waals surface area contributed by atoms with Gasteiger partial charge in [-0.25, -0.2) is 13.4 Å². The summed E-state index contributed by atoms with van der Waals surface area (Å²) in [5.41, 5.74) is 2.62. The SMILES string of the molecule is CCN(CC)S(=O)(=O)c1ccc2c(c1)nc(SCc1cc(OC)cc(OC)c1)n2C[C@@H]1CCCO1. The van der Waals surface area contributed by atoms with Crippen LogP contribution in [0.25, 0.3) is 11.0 Å². The molecule has 190 valence electrons. The van der Waals surface area contributed by atoms with Gasteiger partial charge in [-0.15, -0.1) is 0 Å². The van der Waals surface area contributed by atoms with E-state index in [0.717, 1.165) is 47.2 Å². The number of rotatable bonds is 11. The number of thioether (sulfide) groups is 1. The summed E-state index contributed by atoms with van der Waals surface area (Å²) in [7, 11) is -0.294. The van der Waals surface area contributed by atoms with Gasteiger partial charge in [-0.1, -0.05) is 25.6 Å². The molecular weight excluding hydrogens is 486 g/mol. The molecule has 0 radical (unpaired) electrons. The summed E-state index contributed by atoms with van der Waals surface area (Å²) in [5, 5.41) is 0.828. The summed E-state index contributed by atoms with van der Waals surface area (Å²) < 4.78 is 46.5. The number of hydrogen-bond donors (Lipinski definition) is 0. The maximum atomic E-state index is 13.1. The van der Waals surface area contributed by atoms with Gasteiger partial charge in [0.05, 0.1) is 42.8 Å². The molecule has 1 aromatic heterocycles. The average molecular weight is 520 g/mol. The van der Waals surface area contributed by atoms with Crippen molar-refractivity contribution in [2.75, 3.05) is 33.9 Å². The molecule has 2 heterocycles. The highest BCUT2D eigenvalue weighted by atomic mass is 32.2.